The topological polar surface area (TPSA) is 87.7 Å². The number of rotatable bonds is 5. The van der Waals surface area contributed by atoms with Crippen molar-refractivity contribution in [3.63, 3.8) is 0 Å². The van der Waals surface area contributed by atoms with Crippen LogP contribution in [0, 0.1) is 17.8 Å². The van der Waals surface area contributed by atoms with E-state index in [9.17, 15) is 14.7 Å². The lowest BCUT2D eigenvalue weighted by Crippen LogP contribution is -2.50. The van der Waals surface area contributed by atoms with Crippen molar-refractivity contribution >= 4 is 12.0 Å². The molecule has 0 aromatic rings. The molecule has 0 aromatic carbocycles. The highest BCUT2D eigenvalue weighted by Gasteiger charge is 2.40. The molecule has 0 aliphatic carbocycles. The van der Waals surface area contributed by atoms with Crippen molar-refractivity contribution in [2.45, 2.75) is 32.2 Å². The van der Waals surface area contributed by atoms with Crippen molar-refractivity contribution in [2.75, 3.05) is 19.8 Å². The van der Waals surface area contributed by atoms with Crippen LogP contribution in [0.2, 0.25) is 0 Å². The Labute approximate surface area is 112 Å². The van der Waals surface area contributed by atoms with Crippen molar-refractivity contribution in [3.05, 3.63) is 0 Å². The van der Waals surface area contributed by atoms with Gasteiger partial charge < -0.3 is 20.5 Å². The number of carboxylic acid groups (broad SMARTS) is 1. The van der Waals surface area contributed by atoms with Crippen LogP contribution in [-0.4, -0.2) is 42.9 Å². The molecule has 1 atom stereocenters. The van der Waals surface area contributed by atoms with Gasteiger partial charge >= 0.3 is 12.0 Å². The van der Waals surface area contributed by atoms with Gasteiger partial charge in [-0.1, -0.05) is 12.8 Å². The Kier molecular flexibility index (Phi) is 5.64. The Morgan fingerprint density at radius 3 is 2.58 bits per heavy atom. The second-order valence-electron chi connectivity index (χ2n) is 4.65. The fraction of sp³-hybridized carbons (Fsp3) is 0.692. The summed E-state index contributed by atoms with van der Waals surface area (Å²) < 4.78 is 5.16. The van der Waals surface area contributed by atoms with E-state index in [4.69, 9.17) is 11.2 Å². The average molecular weight is 268 g/mol. The first-order valence-corrected chi connectivity index (χ1v) is 6.35. The van der Waals surface area contributed by atoms with E-state index in [1.165, 1.54) is 0 Å². The number of hydrogen-bond acceptors (Lipinski definition) is 3. The Morgan fingerprint density at radius 2 is 2.11 bits per heavy atom. The SMILES string of the molecule is C#CC(CC)NC(=O)NCC1(C(=O)O)CCOCC1. The van der Waals surface area contributed by atoms with Crippen LogP contribution in [0.4, 0.5) is 4.79 Å². The molecule has 1 rings (SSSR count). The monoisotopic (exact) mass is 268 g/mol. The molecule has 3 N–H and O–H groups in total. The Bertz CT molecular complexity index is 369. The summed E-state index contributed by atoms with van der Waals surface area (Å²) in [7, 11) is 0. The first kappa shape index (κ1) is 15.3. The minimum Gasteiger partial charge on any atom is -0.481 e. The zero-order valence-corrected chi connectivity index (χ0v) is 11.1. The molecule has 1 aliphatic heterocycles. The van der Waals surface area contributed by atoms with E-state index < -0.39 is 17.4 Å². The summed E-state index contributed by atoms with van der Waals surface area (Å²) in [6, 6.07) is -0.771. The smallest absolute Gasteiger partial charge is 0.315 e. The minimum absolute atomic E-state index is 0.0819. The summed E-state index contributed by atoms with van der Waals surface area (Å²) in [4.78, 5) is 23.0. The molecule has 0 spiro atoms. The highest BCUT2D eigenvalue weighted by Crippen LogP contribution is 2.29. The number of carboxylic acids is 1. The standard InChI is InChI=1S/C13H20N2O4/c1-3-10(4-2)15-12(18)14-9-13(11(16)17)5-7-19-8-6-13/h1,10H,4-9H2,2H3,(H,16,17)(H2,14,15,18). The van der Waals surface area contributed by atoms with E-state index in [0.29, 0.717) is 32.5 Å². The molecule has 6 nitrogen and oxygen atoms in total. The third kappa shape index (κ3) is 4.14. The van der Waals surface area contributed by atoms with Crippen LogP contribution in [0.3, 0.4) is 0 Å². The molecule has 0 radical (unpaired) electrons. The summed E-state index contributed by atoms with van der Waals surface area (Å²) in [5, 5.41) is 14.5. The van der Waals surface area contributed by atoms with E-state index >= 15 is 0 Å². The summed E-state index contributed by atoms with van der Waals surface area (Å²) in [5.41, 5.74) is -0.937. The maximum absolute atomic E-state index is 11.6. The van der Waals surface area contributed by atoms with Crippen LogP contribution < -0.4 is 10.6 Å². The quantitative estimate of drug-likeness (QED) is 0.636. The van der Waals surface area contributed by atoms with Crippen molar-refractivity contribution in [1.29, 1.82) is 0 Å². The van der Waals surface area contributed by atoms with Gasteiger partial charge in [0.1, 0.15) is 0 Å². The molecule has 0 bridgehead atoms. The molecule has 1 heterocycles. The highest BCUT2D eigenvalue weighted by atomic mass is 16.5. The number of ether oxygens (including phenoxy) is 1. The molecule has 19 heavy (non-hydrogen) atoms. The summed E-state index contributed by atoms with van der Waals surface area (Å²) >= 11 is 0. The maximum atomic E-state index is 11.6. The summed E-state index contributed by atoms with van der Waals surface area (Å²) in [6.07, 6.45) is 6.66. The highest BCUT2D eigenvalue weighted by molar-refractivity contribution is 5.78. The fourth-order valence-corrected chi connectivity index (χ4v) is 1.95. The van der Waals surface area contributed by atoms with E-state index in [0.717, 1.165) is 0 Å². The average Bonchev–Trinajstić information content (AvgIpc) is 2.43. The zero-order chi connectivity index (χ0) is 14.3. The van der Waals surface area contributed by atoms with Gasteiger partial charge in [0.25, 0.3) is 0 Å². The molecule has 2 amide bonds. The predicted octanol–water partition coefficient (Wildman–Crippen LogP) is 0.579. The fourth-order valence-electron chi connectivity index (χ4n) is 1.95. The third-order valence-electron chi connectivity index (χ3n) is 3.41. The summed E-state index contributed by atoms with van der Waals surface area (Å²) in [6.45, 7) is 2.75. The van der Waals surface area contributed by atoms with E-state index in [-0.39, 0.29) is 12.6 Å². The van der Waals surface area contributed by atoms with Gasteiger partial charge in [0, 0.05) is 19.8 Å². The molecule has 6 heteroatoms. The van der Waals surface area contributed by atoms with E-state index in [1.807, 2.05) is 6.92 Å². The summed E-state index contributed by atoms with van der Waals surface area (Å²) in [5.74, 6) is 1.54. The Balaban J connectivity index is 2.51. The number of terminal acetylenes is 1. The second-order valence-corrected chi connectivity index (χ2v) is 4.65. The van der Waals surface area contributed by atoms with Gasteiger partial charge in [-0.3, -0.25) is 4.79 Å². The van der Waals surface area contributed by atoms with Crippen molar-refractivity contribution in [2.24, 2.45) is 5.41 Å². The molecule has 0 aromatic heterocycles. The first-order valence-electron chi connectivity index (χ1n) is 6.35. The van der Waals surface area contributed by atoms with Gasteiger partial charge in [0.2, 0.25) is 0 Å². The van der Waals surface area contributed by atoms with Gasteiger partial charge in [-0.05, 0) is 19.3 Å². The molecular formula is C13H20N2O4. The maximum Gasteiger partial charge on any atom is 0.315 e. The normalized spacial score (nSPS) is 18.9. The van der Waals surface area contributed by atoms with Crippen LogP contribution >= 0.6 is 0 Å². The van der Waals surface area contributed by atoms with Crippen LogP contribution in [0.25, 0.3) is 0 Å². The van der Waals surface area contributed by atoms with Gasteiger partial charge in [0.15, 0.2) is 0 Å². The molecule has 1 aliphatic rings. The predicted molar refractivity (Wildman–Crippen MR) is 69.6 cm³/mol. The van der Waals surface area contributed by atoms with Crippen LogP contribution in [-0.2, 0) is 9.53 Å². The minimum atomic E-state index is -0.937. The van der Waals surface area contributed by atoms with E-state index in [2.05, 4.69) is 16.6 Å². The van der Waals surface area contributed by atoms with Gasteiger partial charge in [0.05, 0.1) is 11.5 Å². The Morgan fingerprint density at radius 1 is 1.47 bits per heavy atom. The number of carbonyl (C=O) groups is 2. The van der Waals surface area contributed by atoms with Crippen LogP contribution in [0.15, 0.2) is 0 Å². The number of carbonyl (C=O) groups excluding carboxylic acids is 1. The van der Waals surface area contributed by atoms with Crippen molar-refractivity contribution < 1.29 is 19.4 Å². The van der Waals surface area contributed by atoms with Crippen molar-refractivity contribution in [1.82, 2.24) is 10.6 Å². The van der Waals surface area contributed by atoms with Gasteiger partial charge in [-0.2, -0.15) is 0 Å². The lowest BCUT2D eigenvalue weighted by molar-refractivity contribution is -0.154. The molecular weight excluding hydrogens is 248 g/mol. The van der Waals surface area contributed by atoms with Crippen molar-refractivity contribution in [3.8, 4) is 12.3 Å². The number of urea groups is 1. The second kappa shape index (κ2) is 7.00. The zero-order valence-electron chi connectivity index (χ0n) is 11.1. The van der Waals surface area contributed by atoms with Crippen LogP contribution in [0.1, 0.15) is 26.2 Å². The largest absolute Gasteiger partial charge is 0.481 e. The molecule has 1 unspecified atom stereocenters. The lowest BCUT2D eigenvalue weighted by Gasteiger charge is -2.33. The molecule has 1 fully saturated rings. The van der Waals surface area contributed by atoms with Crippen LogP contribution in [0.5, 0.6) is 0 Å². The first-order chi connectivity index (χ1) is 9.04. The van der Waals surface area contributed by atoms with Gasteiger partial charge in [-0.25, -0.2) is 4.79 Å². The number of amides is 2. The molecule has 106 valence electrons. The molecule has 0 saturated carbocycles. The Hall–Kier alpha value is -1.74. The number of aliphatic carboxylic acids is 1. The lowest BCUT2D eigenvalue weighted by atomic mass is 9.80. The number of hydrogen-bond donors (Lipinski definition) is 3. The van der Waals surface area contributed by atoms with Gasteiger partial charge in [-0.15, -0.1) is 6.42 Å². The van der Waals surface area contributed by atoms with E-state index in [1.54, 1.807) is 0 Å². The number of nitrogens with one attached hydrogen (secondary N) is 2. The molecule has 1 saturated heterocycles. The third-order valence-corrected chi connectivity index (χ3v) is 3.41.